The Bertz CT molecular complexity index is 950. The van der Waals surface area contributed by atoms with Crippen molar-refractivity contribution in [2.45, 2.75) is 13.2 Å². The molecule has 0 atom stereocenters. The van der Waals surface area contributed by atoms with Gasteiger partial charge in [-0.2, -0.15) is 0 Å². The molecule has 1 radical (unpaired) electrons. The predicted molar refractivity (Wildman–Crippen MR) is 186 cm³/mol. The van der Waals surface area contributed by atoms with Gasteiger partial charge in [-0.15, -0.1) is 0 Å². The van der Waals surface area contributed by atoms with Gasteiger partial charge in [0.15, 0.2) is 0 Å². The Kier molecular flexibility index (Phi) is 33.2. The number of phosphoric acid groups is 1. The van der Waals surface area contributed by atoms with Gasteiger partial charge in [-0.3, -0.25) is 9.05 Å². The fourth-order valence-electron chi connectivity index (χ4n) is 3.75. The minimum Gasteiger partial charge on any atom is -0.377 e. The van der Waals surface area contributed by atoms with Crippen LogP contribution < -0.4 is 0 Å². The molecule has 2 aromatic rings. The van der Waals surface area contributed by atoms with Crippen LogP contribution in [0.15, 0.2) is 60.7 Å². The molecule has 281 valence electrons. The van der Waals surface area contributed by atoms with E-state index >= 15 is 0 Å². The van der Waals surface area contributed by atoms with Crippen molar-refractivity contribution in [2.75, 3.05) is 132 Å². The van der Waals surface area contributed by atoms with Crippen molar-refractivity contribution in [1.29, 1.82) is 0 Å². The van der Waals surface area contributed by atoms with Gasteiger partial charge in [-0.25, -0.2) is 4.57 Å². The third-order valence-corrected chi connectivity index (χ3v) is 7.18. The van der Waals surface area contributed by atoms with E-state index in [2.05, 4.69) is 0 Å². The molecule has 2 rings (SSSR count). The molecule has 0 aliphatic heterocycles. The van der Waals surface area contributed by atoms with E-state index < -0.39 is 7.82 Å². The fraction of sp³-hybridized carbons (Fsp3) is 0.647. The van der Waals surface area contributed by atoms with Crippen LogP contribution >= 0.6 is 7.82 Å². The van der Waals surface area contributed by atoms with Crippen molar-refractivity contribution >= 4 is 37.4 Å². The van der Waals surface area contributed by atoms with Crippen LogP contribution in [0.25, 0.3) is 0 Å². The van der Waals surface area contributed by atoms with Crippen molar-refractivity contribution in [3.05, 3.63) is 71.8 Å². The van der Waals surface area contributed by atoms with E-state index in [0.717, 1.165) is 11.1 Å². The third-order valence-electron chi connectivity index (χ3n) is 6.16. The van der Waals surface area contributed by atoms with Crippen LogP contribution in [0.2, 0.25) is 0 Å². The topological polar surface area (TPSA) is 148 Å². The average molecular weight is 742 g/mol. The first-order valence-corrected chi connectivity index (χ1v) is 18.1. The summed E-state index contributed by atoms with van der Waals surface area (Å²) < 4.78 is 76.1. The molecule has 0 amide bonds. The Morgan fingerprint density at radius 2 is 0.580 bits per heavy atom. The number of rotatable bonds is 36. The first-order chi connectivity index (χ1) is 24.2. The van der Waals surface area contributed by atoms with Crippen LogP contribution in [-0.2, 0) is 74.2 Å². The first kappa shape index (κ1) is 47.2. The van der Waals surface area contributed by atoms with Crippen molar-refractivity contribution in [1.82, 2.24) is 0 Å². The number of phosphoric ester groups is 1. The molecule has 0 aromatic heterocycles. The zero-order valence-electron chi connectivity index (χ0n) is 29.5. The molecule has 0 aliphatic rings. The van der Waals surface area contributed by atoms with Crippen molar-refractivity contribution in [2.24, 2.45) is 0 Å². The summed E-state index contributed by atoms with van der Waals surface area (Å²) in [6.45, 7) is 8.28. The summed E-state index contributed by atoms with van der Waals surface area (Å²) in [5.74, 6) is 0. The SMILES string of the molecule is O=P(O)(OCCOCCOCCOCCOCCOCc1ccccc1)OCCOCCOCCOCCOCCOCc1ccccc1.[Na]. The molecule has 14 nitrogen and oxygen atoms in total. The zero-order valence-corrected chi connectivity index (χ0v) is 32.4. The molecule has 0 saturated carbocycles. The van der Waals surface area contributed by atoms with Crippen molar-refractivity contribution in [3.63, 3.8) is 0 Å². The van der Waals surface area contributed by atoms with Gasteiger partial charge in [0, 0.05) is 29.6 Å². The van der Waals surface area contributed by atoms with Gasteiger partial charge in [0.25, 0.3) is 0 Å². The van der Waals surface area contributed by atoms with Crippen LogP contribution in [0.5, 0.6) is 0 Å². The predicted octanol–water partition coefficient (Wildman–Crippen LogP) is 3.31. The molecule has 0 heterocycles. The second-order valence-corrected chi connectivity index (χ2v) is 11.6. The fourth-order valence-corrected chi connectivity index (χ4v) is 4.43. The molecule has 0 fully saturated rings. The molecule has 50 heavy (non-hydrogen) atoms. The summed E-state index contributed by atoms with van der Waals surface area (Å²) in [4.78, 5) is 9.72. The Hall–Kier alpha value is -0.850. The van der Waals surface area contributed by atoms with Crippen molar-refractivity contribution < 1.29 is 65.9 Å². The smallest absolute Gasteiger partial charge is 0.377 e. The maximum absolute atomic E-state index is 11.9. The van der Waals surface area contributed by atoms with Crippen LogP contribution in [0.4, 0.5) is 0 Å². The van der Waals surface area contributed by atoms with Crippen molar-refractivity contribution in [3.8, 4) is 0 Å². The second-order valence-electron chi connectivity index (χ2n) is 10.1. The zero-order chi connectivity index (χ0) is 34.8. The van der Waals surface area contributed by atoms with Crippen LogP contribution in [-0.4, -0.2) is 167 Å². The van der Waals surface area contributed by atoms with Crippen LogP contribution in [0.1, 0.15) is 11.1 Å². The van der Waals surface area contributed by atoms with E-state index in [-0.39, 0.29) is 56.0 Å². The molecule has 0 spiro atoms. The van der Waals surface area contributed by atoms with Crippen LogP contribution in [0, 0.1) is 0 Å². The second kappa shape index (κ2) is 35.2. The molecule has 2 aromatic carbocycles. The molecule has 0 aliphatic carbocycles. The maximum atomic E-state index is 11.9. The molecular formula is C34H55NaO14P. The van der Waals surface area contributed by atoms with Gasteiger partial charge >= 0.3 is 7.82 Å². The standard InChI is InChI=1S/C34H55O14P.Na/c35-49(36,47-29-27-43-21-19-39-13-11-37-15-17-41-23-25-45-31-33-7-3-1-4-8-33)48-30-28-44-22-20-40-14-12-38-16-18-42-24-26-46-32-34-9-5-2-6-10-34;/h1-10H,11-32H2,(H,35,36);. The van der Waals surface area contributed by atoms with Gasteiger partial charge < -0.3 is 52.3 Å². The Labute approximate surface area is 319 Å². The minimum absolute atomic E-state index is 0. The van der Waals surface area contributed by atoms with Gasteiger partial charge in [0.1, 0.15) is 0 Å². The minimum atomic E-state index is -4.18. The molecule has 0 unspecified atom stereocenters. The van der Waals surface area contributed by atoms with Gasteiger partial charge in [-0.1, -0.05) is 60.7 Å². The molecule has 16 heteroatoms. The summed E-state index contributed by atoms with van der Waals surface area (Å²) in [7, 11) is -4.18. The van der Waals surface area contributed by atoms with E-state index in [4.69, 9.17) is 56.4 Å². The van der Waals surface area contributed by atoms with E-state index in [1.807, 2.05) is 60.7 Å². The summed E-state index contributed by atoms with van der Waals surface area (Å²) in [6.07, 6.45) is 0. The number of benzene rings is 2. The van der Waals surface area contributed by atoms with E-state index in [9.17, 15) is 9.46 Å². The normalized spacial score (nSPS) is 11.5. The monoisotopic (exact) mass is 741 g/mol. The Morgan fingerprint density at radius 3 is 0.840 bits per heavy atom. The third kappa shape index (κ3) is 30.7. The Balaban J connectivity index is 0.0000125. The van der Waals surface area contributed by atoms with E-state index in [0.29, 0.717) is 119 Å². The Morgan fingerprint density at radius 1 is 0.360 bits per heavy atom. The molecule has 1 N–H and O–H groups in total. The quantitative estimate of drug-likeness (QED) is 0.0619. The molecule has 0 saturated heterocycles. The summed E-state index contributed by atoms with van der Waals surface area (Å²) in [5.41, 5.74) is 2.27. The van der Waals surface area contributed by atoms with E-state index in [1.165, 1.54) is 0 Å². The summed E-state index contributed by atoms with van der Waals surface area (Å²) >= 11 is 0. The number of hydrogen-bond acceptors (Lipinski definition) is 13. The first-order valence-electron chi connectivity index (χ1n) is 16.6. The van der Waals surface area contributed by atoms with Crippen LogP contribution in [0.3, 0.4) is 0 Å². The number of hydrogen-bond donors (Lipinski definition) is 1. The number of ether oxygens (including phenoxy) is 10. The largest absolute Gasteiger partial charge is 0.472 e. The molecule has 0 bridgehead atoms. The summed E-state index contributed by atoms with van der Waals surface area (Å²) in [5, 5.41) is 0. The van der Waals surface area contributed by atoms with Gasteiger partial charge in [-0.05, 0) is 11.1 Å². The average Bonchev–Trinajstić information content (AvgIpc) is 3.11. The van der Waals surface area contributed by atoms with Gasteiger partial charge in [0.05, 0.1) is 145 Å². The maximum Gasteiger partial charge on any atom is 0.472 e. The van der Waals surface area contributed by atoms with Gasteiger partial charge in [0.2, 0.25) is 0 Å². The van der Waals surface area contributed by atoms with E-state index in [1.54, 1.807) is 0 Å². The molecular weight excluding hydrogens is 686 g/mol. The summed E-state index contributed by atoms with van der Waals surface area (Å²) in [6, 6.07) is 20.0.